The van der Waals surface area contributed by atoms with Gasteiger partial charge in [0.25, 0.3) is 0 Å². The Labute approximate surface area is 120 Å². The van der Waals surface area contributed by atoms with E-state index >= 15 is 0 Å². The Bertz CT molecular complexity index is 422. The summed E-state index contributed by atoms with van der Waals surface area (Å²) >= 11 is 3.41. The third kappa shape index (κ3) is 3.52. The summed E-state index contributed by atoms with van der Waals surface area (Å²) < 4.78 is 28.6. The molecular formula is C13H20BrF2N3. The normalized spacial score (nSPS) is 20.1. The molecule has 0 bridgehead atoms. The number of hydrogen-bond donors (Lipinski definition) is 0. The maximum Gasteiger partial charge on any atom is 0.248 e. The summed E-state index contributed by atoms with van der Waals surface area (Å²) in [6.45, 7) is 5.11. The molecule has 1 aliphatic rings. The van der Waals surface area contributed by atoms with Crippen LogP contribution in [0, 0.1) is 5.92 Å². The van der Waals surface area contributed by atoms with Crippen LogP contribution in [0.5, 0.6) is 0 Å². The van der Waals surface area contributed by atoms with E-state index in [0.29, 0.717) is 24.1 Å². The van der Waals surface area contributed by atoms with E-state index in [4.69, 9.17) is 0 Å². The van der Waals surface area contributed by atoms with Gasteiger partial charge in [-0.3, -0.25) is 0 Å². The lowest BCUT2D eigenvalue weighted by Gasteiger charge is -2.28. The van der Waals surface area contributed by atoms with Crippen LogP contribution in [0.2, 0.25) is 0 Å². The van der Waals surface area contributed by atoms with E-state index in [0.717, 1.165) is 18.2 Å². The predicted octanol–water partition coefficient (Wildman–Crippen LogP) is 4.12. The lowest BCUT2D eigenvalue weighted by Crippen LogP contribution is -2.25. The highest BCUT2D eigenvalue weighted by molar-refractivity contribution is 9.08. The Morgan fingerprint density at radius 3 is 2.47 bits per heavy atom. The third-order valence-corrected chi connectivity index (χ3v) is 4.11. The molecule has 1 aliphatic carbocycles. The number of aromatic nitrogens is 3. The van der Waals surface area contributed by atoms with Crippen molar-refractivity contribution in [2.45, 2.75) is 63.2 Å². The van der Waals surface area contributed by atoms with Crippen LogP contribution in [0.3, 0.4) is 0 Å². The highest BCUT2D eigenvalue weighted by Gasteiger charge is 2.37. The average Bonchev–Trinajstić information content (AvgIpc) is 2.71. The molecule has 0 spiro atoms. The van der Waals surface area contributed by atoms with Gasteiger partial charge in [-0.2, -0.15) is 0 Å². The fourth-order valence-corrected chi connectivity index (χ4v) is 3.03. The topological polar surface area (TPSA) is 30.7 Å². The Morgan fingerprint density at radius 1 is 1.32 bits per heavy atom. The first-order valence-electron chi connectivity index (χ1n) is 6.78. The first-order chi connectivity index (χ1) is 8.93. The number of nitrogens with zero attached hydrogens (tertiary/aromatic N) is 3. The zero-order chi connectivity index (χ0) is 14.0. The largest absolute Gasteiger partial charge is 0.314 e. The quantitative estimate of drug-likeness (QED) is 0.775. The van der Waals surface area contributed by atoms with Crippen LogP contribution in [0.1, 0.15) is 57.1 Å². The molecule has 0 radical (unpaired) electrons. The van der Waals surface area contributed by atoms with Crippen molar-refractivity contribution in [2.24, 2.45) is 5.92 Å². The minimum absolute atomic E-state index is 0.0319. The second-order valence-corrected chi connectivity index (χ2v) is 6.30. The molecule has 1 heterocycles. The van der Waals surface area contributed by atoms with Crippen molar-refractivity contribution < 1.29 is 8.78 Å². The predicted molar refractivity (Wildman–Crippen MR) is 73.6 cm³/mol. The minimum atomic E-state index is -2.49. The molecule has 1 aromatic rings. The van der Waals surface area contributed by atoms with Crippen molar-refractivity contribution in [3.8, 4) is 0 Å². The third-order valence-electron chi connectivity index (χ3n) is 3.61. The van der Waals surface area contributed by atoms with Crippen molar-refractivity contribution in [1.82, 2.24) is 14.8 Å². The first kappa shape index (κ1) is 14.9. The van der Waals surface area contributed by atoms with E-state index in [2.05, 4.69) is 44.5 Å². The monoisotopic (exact) mass is 335 g/mol. The van der Waals surface area contributed by atoms with Crippen LogP contribution >= 0.6 is 15.9 Å². The molecule has 1 fully saturated rings. The molecule has 6 heteroatoms. The Morgan fingerprint density at radius 2 is 1.95 bits per heavy atom. The molecule has 19 heavy (non-hydrogen) atoms. The standard InChI is InChI=1S/C13H20BrF2N3/c1-9(2)8-19-11(7-14)17-18-12(19)10-3-5-13(15,16)6-4-10/h9-10H,3-8H2,1-2H3. The zero-order valence-corrected chi connectivity index (χ0v) is 13.0. The van der Waals surface area contributed by atoms with Gasteiger partial charge < -0.3 is 4.57 Å². The van der Waals surface area contributed by atoms with Gasteiger partial charge in [0.1, 0.15) is 11.6 Å². The highest BCUT2D eigenvalue weighted by atomic mass is 79.9. The Hall–Kier alpha value is -0.520. The van der Waals surface area contributed by atoms with Crippen molar-refractivity contribution in [3.05, 3.63) is 11.6 Å². The van der Waals surface area contributed by atoms with E-state index in [1.165, 1.54) is 0 Å². The average molecular weight is 336 g/mol. The molecule has 0 N–H and O–H groups in total. The lowest BCUT2D eigenvalue weighted by molar-refractivity contribution is -0.0390. The molecule has 0 aliphatic heterocycles. The molecular weight excluding hydrogens is 316 g/mol. The van der Waals surface area contributed by atoms with Gasteiger partial charge in [-0.15, -0.1) is 10.2 Å². The molecule has 3 nitrogen and oxygen atoms in total. The number of rotatable bonds is 4. The molecule has 1 saturated carbocycles. The summed E-state index contributed by atoms with van der Waals surface area (Å²) in [4.78, 5) is 0. The van der Waals surface area contributed by atoms with E-state index in [1.54, 1.807) is 0 Å². The van der Waals surface area contributed by atoms with Crippen molar-refractivity contribution in [2.75, 3.05) is 0 Å². The van der Waals surface area contributed by atoms with E-state index < -0.39 is 5.92 Å². The molecule has 0 amide bonds. The van der Waals surface area contributed by atoms with Crippen molar-refractivity contribution in [1.29, 1.82) is 0 Å². The van der Waals surface area contributed by atoms with Gasteiger partial charge in [0.2, 0.25) is 5.92 Å². The Kier molecular flexibility index (Phi) is 4.58. The lowest BCUT2D eigenvalue weighted by atomic mass is 9.86. The van der Waals surface area contributed by atoms with Crippen LogP contribution in [0.25, 0.3) is 0 Å². The fraction of sp³-hybridized carbons (Fsp3) is 0.846. The van der Waals surface area contributed by atoms with Crippen LogP contribution in [0.15, 0.2) is 0 Å². The van der Waals surface area contributed by atoms with Crippen LogP contribution in [-0.4, -0.2) is 20.7 Å². The van der Waals surface area contributed by atoms with Crippen molar-refractivity contribution in [3.63, 3.8) is 0 Å². The summed E-state index contributed by atoms with van der Waals surface area (Å²) in [7, 11) is 0. The van der Waals surface area contributed by atoms with Gasteiger partial charge >= 0.3 is 0 Å². The molecule has 0 aromatic carbocycles. The molecule has 0 saturated heterocycles. The van der Waals surface area contributed by atoms with Gasteiger partial charge in [-0.05, 0) is 18.8 Å². The summed E-state index contributed by atoms with van der Waals surface area (Å²) in [5.41, 5.74) is 0. The van der Waals surface area contributed by atoms with Gasteiger partial charge in [0.15, 0.2) is 0 Å². The number of alkyl halides is 3. The number of halogens is 3. The van der Waals surface area contributed by atoms with Gasteiger partial charge in [-0.25, -0.2) is 8.78 Å². The second kappa shape index (κ2) is 5.85. The number of hydrogen-bond acceptors (Lipinski definition) is 2. The highest BCUT2D eigenvalue weighted by Crippen LogP contribution is 2.40. The van der Waals surface area contributed by atoms with Gasteiger partial charge in [-0.1, -0.05) is 29.8 Å². The first-order valence-corrected chi connectivity index (χ1v) is 7.91. The van der Waals surface area contributed by atoms with Gasteiger partial charge in [0, 0.05) is 25.3 Å². The fourth-order valence-electron chi connectivity index (χ4n) is 2.61. The van der Waals surface area contributed by atoms with E-state index in [-0.39, 0.29) is 18.8 Å². The van der Waals surface area contributed by atoms with Crippen LogP contribution in [0.4, 0.5) is 8.78 Å². The van der Waals surface area contributed by atoms with Crippen LogP contribution in [-0.2, 0) is 11.9 Å². The molecule has 1 aromatic heterocycles. The van der Waals surface area contributed by atoms with Crippen LogP contribution < -0.4 is 0 Å². The maximum atomic E-state index is 13.2. The summed E-state index contributed by atoms with van der Waals surface area (Å²) in [6.07, 6.45) is 0.947. The Balaban J connectivity index is 2.18. The smallest absolute Gasteiger partial charge is 0.248 e. The SMILES string of the molecule is CC(C)Cn1c(CBr)nnc1C1CCC(F)(F)CC1. The van der Waals surface area contributed by atoms with Gasteiger partial charge in [0.05, 0.1) is 5.33 Å². The maximum absolute atomic E-state index is 13.2. The van der Waals surface area contributed by atoms with Crippen molar-refractivity contribution >= 4 is 15.9 Å². The summed E-state index contributed by atoms with van der Waals surface area (Å²) in [5.74, 6) is -0.103. The zero-order valence-electron chi connectivity index (χ0n) is 11.4. The molecule has 108 valence electrons. The summed E-state index contributed by atoms with van der Waals surface area (Å²) in [5, 5.41) is 9.08. The molecule has 0 atom stereocenters. The minimum Gasteiger partial charge on any atom is -0.314 e. The second-order valence-electron chi connectivity index (χ2n) is 5.74. The molecule has 0 unspecified atom stereocenters. The summed E-state index contributed by atoms with van der Waals surface area (Å²) in [6, 6.07) is 0. The van der Waals surface area contributed by atoms with E-state index in [9.17, 15) is 8.78 Å². The molecule has 2 rings (SSSR count). The van der Waals surface area contributed by atoms with E-state index in [1.807, 2.05) is 0 Å².